The minimum Gasteiger partial charge on any atom is -0.324 e. The second-order valence-electron chi connectivity index (χ2n) is 2.55. The summed E-state index contributed by atoms with van der Waals surface area (Å²) < 4.78 is 0.831. The van der Waals surface area contributed by atoms with E-state index in [0.29, 0.717) is 0 Å². The van der Waals surface area contributed by atoms with Crippen molar-refractivity contribution in [2.75, 3.05) is 0 Å². The van der Waals surface area contributed by atoms with E-state index in [1.807, 2.05) is 18.2 Å². The lowest BCUT2D eigenvalue weighted by molar-refractivity contribution is 0.737. The molecule has 2 N–H and O–H groups in total. The smallest absolute Gasteiger partial charge is 0.106 e. The highest BCUT2D eigenvalue weighted by molar-refractivity contribution is 9.10. The van der Waals surface area contributed by atoms with Crippen molar-refractivity contribution in [1.29, 1.82) is 0 Å². The third kappa shape index (κ3) is 3.89. The van der Waals surface area contributed by atoms with Crippen LogP contribution in [0.5, 0.6) is 0 Å². The van der Waals surface area contributed by atoms with Gasteiger partial charge in [0.2, 0.25) is 0 Å². The van der Waals surface area contributed by atoms with Gasteiger partial charge < -0.3 is 5.73 Å². The van der Waals surface area contributed by atoms with Gasteiger partial charge >= 0.3 is 0 Å². The summed E-state index contributed by atoms with van der Waals surface area (Å²) in [6, 6.07) is 3.87. The topological polar surface area (TPSA) is 38.9 Å². The van der Waals surface area contributed by atoms with Crippen LogP contribution in [-0.2, 0) is 0 Å². The molecule has 0 radical (unpaired) electrons. The molecule has 0 unspecified atom stereocenters. The number of aromatic nitrogens is 1. The second kappa shape index (κ2) is 6.13. The van der Waals surface area contributed by atoms with Gasteiger partial charge in [-0.05, 0) is 34.0 Å². The van der Waals surface area contributed by atoms with Crippen molar-refractivity contribution >= 4 is 28.3 Å². The number of rotatable bonds is 3. The van der Waals surface area contributed by atoms with E-state index in [1.165, 1.54) is 0 Å². The molecule has 72 valence electrons. The van der Waals surface area contributed by atoms with Gasteiger partial charge in [0, 0.05) is 12.2 Å². The number of pyridine rings is 1. The molecule has 0 spiro atoms. The van der Waals surface area contributed by atoms with Crippen LogP contribution < -0.4 is 5.73 Å². The average Bonchev–Trinajstić information content (AvgIpc) is 2.06. The van der Waals surface area contributed by atoms with Gasteiger partial charge in [-0.25, -0.2) is 4.98 Å². The first-order chi connectivity index (χ1) is 5.74. The van der Waals surface area contributed by atoms with Crippen molar-refractivity contribution in [2.45, 2.75) is 12.5 Å². The molecule has 4 heteroatoms. The molecular formula is C9H12BrClN2. The zero-order valence-electron chi connectivity index (χ0n) is 7.11. The van der Waals surface area contributed by atoms with E-state index in [4.69, 9.17) is 5.73 Å². The molecular weight excluding hydrogens is 251 g/mol. The summed E-state index contributed by atoms with van der Waals surface area (Å²) in [6.07, 6.45) is 4.37. The van der Waals surface area contributed by atoms with Crippen LogP contribution in [0.3, 0.4) is 0 Å². The van der Waals surface area contributed by atoms with Crippen molar-refractivity contribution in [3.05, 3.63) is 41.2 Å². The molecule has 0 fully saturated rings. The first kappa shape index (κ1) is 12.6. The molecule has 1 aromatic heterocycles. The summed E-state index contributed by atoms with van der Waals surface area (Å²) in [5.74, 6) is 0. The number of hydrogen-bond acceptors (Lipinski definition) is 2. The summed E-state index contributed by atoms with van der Waals surface area (Å²) in [4.78, 5) is 4.08. The SMILES string of the molecule is C=CC[C@@H](N)c1ccc(Br)nc1.Cl. The van der Waals surface area contributed by atoms with E-state index in [2.05, 4.69) is 27.5 Å². The molecule has 0 saturated heterocycles. The van der Waals surface area contributed by atoms with Crippen LogP contribution in [0, 0.1) is 0 Å². The van der Waals surface area contributed by atoms with Gasteiger partial charge in [0.1, 0.15) is 4.60 Å². The molecule has 0 aliphatic heterocycles. The molecule has 1 atom stereocenters. The number of nitrogens with two attached hydrogens (primary N) is 1. The molecule has 13 heavy (non-hydrogen) atoms. The van der Waals surface area contributed by atoms with E-state index in [9.17, 15) is 0 Å². The number of hydrogen-bond donors (Lipinski definition) is 1. The predicted octanol–water partition coefficient (Wildman–Crippen LogP) is 2.84. The molecule has 1 aromatic rings. The highest BCUT2D eigenvalue weighted by atomic mass is 79.9. The van der Waals surface area contributed by atoms with Gasteiger partial charge in [-0.15, -0.1) is 19.0 Å². The Hall–Kier alpha value is -0.380. The first-order valence-electron chi connectivity index (χ1n) is 3.72. The van der Waals surface area contributed by atoms with Crippen molar-refractivity contribution < 1.29 is 0 Å². The molecule has 0 aromatic carbocycles. The van der Waals surface area contributed by atoms with Gasteiger partial charge in [-0.3, -0.25) is 0 Å². The summed E-state index contributed by atoms with van der Waals surface area (Å²) >= 11 is 3.26. The van der Waals surface area contributed by atoms with Crippen molar-refractivity contribution in [1.82, 2.24) is 4.98 Å². The lowest BCUT2D eigenvalue weighted by atomic mass is 10.1. The Morgan fingerprint density at radius 1 is 1.62 bits per heavy atom. The largest absolute Gasteiger partial charge is 0.324 e. The maximum absolute atomic E-state index is 5.83. The van der Waals surface area contributed by atoms with Crippen LogP contribution in [0.2, 0.25) is 0 Å². The Morgan fingerprint density at radius 3 is 2.77 bits per heavy atom. The fourth-order valence-corrected chi connectivity index (χ4v) is 1.16. The molecule has 0 aliphatic carbocycles. The minimum absolute atomic E-state index is 0. The van der Waals surface area contributed by atoms with E-state index >= 15 is 0 Å². The van der Waals surface area contributed by atoms with Gasteiger partial charge in [0.05, 0.1) is 0 Å². The van der Waals surface area contributed by atoms with E-state index in [0.717, 1.165) is 16.6 Å². The molecule has 0 bridgehead atoms. The summed E-state index contributed by atoms with van der Waals surface area (Å²) in [6.45, 7) is 3.63. The minimum atomic E-state index is 0. The Kier molecular flexibility index (Phi) is 5.95. The van der Waals surface area contributed by atoms with Crippen LogP contribution in [0.4, 0.5) is 0 Å². The summed E-state index contributed by atoms with van der Waals surface area (Å²) in [5, 5.41) is 0. The summed E-state index contributed by atoms with van der Waals surface area (Å²) in [7, 11) is 0. The van der Waals surface area contributed by atoms with E-state index < -0.39 is 0 Å². The monoisotopic (exact) mass is 262 g/mol. The van der Waals surface area contributed by atoms with Gasteiger partial charge in [-0.1, -0.05) is 12.1 Å². The average molecular weight is 264 g/mol. The second-order valence-corrected chi connectivity index (χ2v) is 3.36. The maximum Gasteiger partial charge on any atom is 0.106 e. The predicted molar refractivity (Wildman–Crippen MR) is 60.9 cm³/mol. The van der Waals surface area contributed by atoms with Crippen molar-refractivity contribution in [3.8, 4) is 0 Å². The zero-order chi connectivity index (χ0) is 8.97. The Labute approximate surface area is 92.8 Å². The van der Waals surface area contributed by atoms with E-state index in [1.54, 1.807) is 6.20 Å². The summed E-state index contributed by atoms with van der Waals surface area (Å²) in [5.41, 5.74) is 6.87. The van der Waals surface area contributed by atoms with Crippen LogP contribution in [0.1, 0.15) is 18.0 Å². The van der Waals surface area contributed by atoms with Gasteiger partial charge in [0.15, 0.2) is 0 Å². The van der Waals surface area contributed by atoms with Gasteiger partial charge in [-0.2, -0.15) is 0 Å². The third-order valence-electron chi connectivity index (χ3n) is 1.60. The highest BCUT2D eigenvalue weighted by Gasteiger charge is 2.02. The van der Waals surface area contributed by atoms with Crippen molar-refractivity contribution in [2.24, 2.45) is 5.73 Å². The molecule has 2 nitrogen and oxygen atoms in total. The molecule has 1 rings (SSSR count). The fourth-order valence-electron chi connectivity index (χ4n) is 0.922. The Morgan fingerprint density at radius 2 is 2.31 bits per heavy atom. The maximum atomic E-state index is 5.83. The highest BCUT2D eigenvalue weighted by Crippen LogP contribution is 2.14. The quantitative estimate of drug-likeness (QED) is 0.673. The van der Waals surface area contributed by atoms with Crippen LogP contribution in [-0.4, -0.2) is 4.98 Å². The van der Waals surface area contributed by atoms with Crippen LogP contribution in [0.25, 0.3) is 0 Å². The molecule has 0 aliphatic rings. The number of halogens is 2. The normalized spacial score (nSPS) is 11.5. The Balaban J connectivity index is 0.00000144. The van der Waals surface area contributed by atoms with Crippen LogP contribution >= 0.6 is 28.3 Å². The Bertz CT molecular complexity index is 261. The molecule has 0 amide bonds. The number of nitrogens with zero attached hydrogens (tertiary/aromatic N) is 1. The molecule has 1 heterocycles. The lowest BCUT2D eigenvalue weighted by Crippen LogP contribution is -2.08. The molecule has 0 saturated carbocycles. The fraction of sp³-hybridized carbons (Fsp3) is 0.222. The third-order valence-corrected chi connectivity index (χ3v) is 2.07. The van der Waals surface area contributed by atoms with E-state index in [-0.39, 0.29) is 18.4 Å². The van der Waals surface area contributed by atoms with Crippen LogP contribution in [0.15, 0.2) is 35.6 Å². The lowest BCUT2D eigenvalue weighted by Gasteiger charge is -2.07. The first-order valence-corrected chi connectivity index (χ1v) is 4.51. The van der Waals surface area contributed by atoms with Gasteiger partial charge in [0.25, 0.3) is 0 Å². The standard InChI is InChI=1S/C9H11BrN2.ClH/c1-2-3-8(11)7-4-5-9(10)12-6-7;/h2,4-6,8H,1,3,11H2;1H/t8-;/m1./s1. The van der Waals surface area contributed by atoms with Crippen molar-refractivity contribution in [3.63, 3.8) is 0 Å². The zero-order valence-corrected chi connectivity index (χ0v) is 9.51.